The van der Waals surface area contributed by atoms with Gasteiger partial charge in [0.05, 0.1) is 6.04 Å². The van der Waals surface area contributed by atoms with Gasteiger partial charge in [0.15, 0.2) is 5.82 Å². The summed E-state index contributed by atoms with van der Waals surface area (Å²) in [5, 5.41) is 10.1. The Morgan fingerprint density at radius 1 is 1.09 bits per heavy atom. The van der Waals surface area contributed by atoms with Gasteiger partial charge in [-0.05, 0) is 24.5 Å². The van der Waals surface area contributed by atoms with Gasteiger partial charge in [0.1, 0.15) is 12.7 Å². The Morgan fingerprint density at radius 2 is 1.97 bits per heavy atom. The Bertz CT molecular complexity index is 1020. The van der Waals surface area contributed by atoms with Crippen molar-refractivity contribution >= 4 is 11.9 Å². The van der Waals surface area contributed by atoms with Crippen LogP contribution in [0.2, 0.25) is 0 Å². The molecule has 9 nitrogen and oxygen atoms in total. The van der Waals surface area contributed by atoms with E-state index in [-0.39, 0.29) is 24.5 Å². The van der Waals surface area contributed by atoms with Crippen molar-refractivity contribution in [3.05, 3.63) is 72.4 Å². The number of rotatable bonds is 7. The quantitative estimate of drug-likeness (QED) is 0.596. The number of nitrogens with zero attached hydrogens (tertiary/aromatic N) is 5. The molecule has 166 valence electrons. The lowest BCUT2D eigenvalue weighted by Crippen LogP contribution is -2.44. The first-order valence-electron chi connectivity index (χ1n) is 10.9. The van der Waals surface area contributed by atoms with E-state index in [1.54, 1.807) is 17.2 Å². The monoisotopic (exact) mass is 433 g/mol. The number of benzene rings is 1. The average Bonchev–Trinajstić information content (AvgIpc) is 3.29. The van der Waals surface area contributed by atoms with Crippen molar-refractivity contribution in [2.45, 2.75) is 38.3 Å². The van der Waals surface area contributed by atoms with Crippen molar-refractivity contribution in [1.29, 1.82) is 0 Å². The van der Waals surface area contributed by atoms with Crippen molar-refractivity contribution in [3.8, 4) is 5.82 Å². The SMILES string of the molecule is O=C(NCc1cccnc1-n1cncn1)N[C@@H](CN1CCCCCC1=O)c1ccccc1. The number of urea groups is 1. The lowest BCUT2D eigenvalue weighted by molar-refractivity contribution is -0.131. The van der Waals surface area contributed by atoms with E-state index in [0.29, 0.717) is 18.8 Å². The molecular formula is C23H27N7O2. The van der Waals surface area contributed by atoms with E-state index in [1.807, 2.05) is 47.4 Å². The number of carbonyl (C=O) groups is 2. The zero-order valence-corrected chi connectivity index (χ0v) is 17.9. The molecule has 1 saturated heterocycles. The zero-order valence-electron chi connectivity index (χ0n) is 17.9. The first-order valence-corrected chi connectivity index (χ1v) is 10.9. The Morgan fingerprint density at radius 3 is 2.78 bits per heavy atom. The second kappa shape index (κ2) is 10.5. The maximum Gasteiger partial charge on any atom is 0.315 e. The minimum Gasteiger partial charge on any atom is -0.340 e. The molecule has 0 radical (unpaired) electrons. The highest BCUT2D eigenvalue weighted by molar-refractivity contribution is 5.77. The largest absolute Gasteiger partial charge is 0.340 e. The third kappa shape index (κ3) is 5.48. The van der Waals surface area contributed by atoms with Crippen molar-refractivity contribution < 1.29 is 9.59 Å². The molecule has 1 fully saturated rings. The number of hydrogen-bond acceptors (Lipinski definition) is 5. The van der Waals surface area contributed by atoms with Gasteiger partial charge in [-0.25, -0.2) is 19.4 Å². The molecule has 3 heterocycles. The lowest BCUT2D eigenvalue weighted by atomic mass is 10.1. The number of aromatic nitrogens is 4. The van der Waals surface area contributed by atoms with E-state index in [2.05, 4.69) is 25.7 Å². The van der Waals surface area contributed by atoms with Gasteiger partial charge in [-0.15, -0.1) is 0 Å². The molecular weight excluding hydrogens is 406 g/mol. The molecule has 1 atom stereocenters. The maximum atomic E-state index is 12.8. The number of hydrogen-bond donors (Lipinski definition) is 2. The van der Waals surface area contributed by atoms with Crippen LogP contribution >= 0.6 is 0 Å². The molecule has 0 unspecified atom stereocenters. The van der Waals surface area contributed by atoms with Crippen LogP contribution in [0.15, 0.2) is 61.3 Å². The van der Waals surface area contributed by atoms with Crippen molar-refractivity contribution in [2.75, 3.05) is 13.1 Å². The van der Waals surface area contributed by atoms with Crippen LogP contribution in [0.1, 0.15) is 42.9 Å². The predicted molar refractivity (Wildman–Crippen MR) is 119 cm³/mol. The fourth-order valence-electron chi connectivity index (χ4n) is 3.85. The minimum atomic E-state index is -0.311. The smallest absolute Gasteiger partial charge is 0.315 e. The van der Waals surface area contributed by atoms with Gasteiger partial charge in [-0.3, -0.25) is 4.79 Å². The van der Waals surface area contributed by atoms with Crippen LogP contribution in [0.25, 0.3) is 5.82 Å². The third-order valence-corrected chi connectivity index (χ3v) is 5.52. The van der Waals surface area contributed by atoms with Crippen LogP contribution in [0.4, 0.5) is 4.79 Å². The first-order chi connectivity index (χ1) is 15.7. The molecule has 9 heteroatoms. The fourth-order valence-corrected chi connectivity index (χ4v) is 3.85. The zero-order chi connectivity index (χ0) is 22.2. The molecule has 0 saturated carbocycles. The molecule has 0 bridgehead atoms. The van der Waals surface area contributed by atoms with Crippen molar-refractivity contribution in [3.63, 3.8) is 0 Å². The summed E-state index contributed by atoms with van der Waals surface area (Å²) >= 11 is 0. The summed E-state index contributed by atoms with van der Waals surface area (Å²) < 4.78 is 1.56. The molecule has 1 aliphatic heterocycles. The van der Waals surface area contributed by atoms with Crippen molar-refractivity contribution in [1.82, 2.24) is 35.3 Å². The molecule has 2 aromatic heterocycles. The minimum absolute atomic E-state index is 0.151. The molecule has 1 aliphatic rings. The first kappa shape index (κ1) is 21.5. The van der Waals surface area contributed by atoms with E-state index in [0.717, 1.165) is 36.9 Å². The molecule has 0 spiro atoms. The summed E-state index contributed by atoms with van der Waals surface area (Å²) in [7, 11) is 0. The predicted octanol–water partition coefficient (Wildman–Crippen LogP) is 2.61. The number of amides is 3. The maximum absolute atomic E-state index is 12.8. The highest BCUT2D eigenvalue weighted by Gasteiger charge is 2.23. The summed E-state index contributed by atoms with van der Waals surface area (Å²) in [4.78, 5) is 35.5. The summed E-state index contributed by atoms with van der Waals surface area (Å²) in [5.41, 5.74) is 1.77. The molecule has 4 rings (SSSR count). The average molecular weight is 434 g/mol. The molecule has 32 heavy (non-hydrogen) atoms. The molecule has 1 aromatic carbocycles. The van der Waals surface area contributed by atoms with Gasteiger partial charge in [-0.1, -0.05) is 42.8 Å². The van der Waals surface area contributed by atoms with Gasteiger partial charge in [-0.2, -0.15) is 5.10 Å². The van der Waals surface area contributed by atoms with Gasteiger partial charge in [0.25, 0.3) is 0 Å². The van der Waals surface area contributed by atoms with Crippen LogP contribution < -0.4 is 10.6 Å². The molecule has 0 aliphatic carbocycles. The van der Waals surface area contributed by atoms with E-state index in [9.17, 15) is 9.59 Å². The topological polar surface area (TPSA) is 105 Å². The fraction of sp³-hybridized carbons (Fsp3) is 0.348. The Kier molecular flexibility index (Phi) is 7.06. The number of likely N-dealkylation sites (tertiary alicyclic amines) is 1. The summed E-state index contributed by atoms with van der Waals surface area (Å²) in [6.45, 7) is 1.45. The highest BCUT2D eigenvalue weighted by Crippen LogP contribution is 2.18. The summed E-state index contributed by atoms with van der Waals surface area (Å²) in [5.74, 6) is 0.763. The van der Waals surface area contributed by atoms with Crippen molar-refractivity contribution in [2.24, 2.45) is 0 Å². The highest BCUT2D eigenvalue weighted by atomic mass is 16.2. The van der Waals surface area contributed by atoms with Crippen LogP contribution in [0, 0.1) is 0 Å². The molecule has 3 amide bonds. The van der Waals surface area contributed by atoms with Crippen LogP contribution in [-0.4, -0.2) is 49.7 Å². The Labute approximate surface area is 186 Å². The van der Waals surface area contributed by atoms with Crippen LogP contribution in [-0.2, 0) is 11.3 Å². The second-order valence-electron chi connectivity index (χ2n) is 7.77. The Balaban J connectivity index is 1.43. The number of pyridine rings is 1. The number of nitrogens with one attached hydrogen (secondary N) is 2. The van der Waals surface area contributed by atoms with Gasteiger partial charge in [0, 0.05) is 37.8 Å². The summed E-state index contributed by atoms with van der Waals surface area (Å²) in [6.07, 6.45) is 8.22. The summed E-state index contributed by atoms with van der Waals surface area (Å²) in [6, 6.07) is 12.8. The van der Waals surface area contributed by atoms with Crippen LogP contribution in [0.5, 0.6) is 0 Å². The van der Waals surface area contributed by atoms with Gasteiger partial charge in [0.2, 0.25) is 5.91 Å². The van der Waals surface area contributed by atoms with E-state index in [4.69, 9.17) is 0 Å². The Hall–Kier alpha value is -3.75. The third-order valence-electron chi connectivity index (χ3n) is 5.52. The standard InChI is InChI=1S/C23H27N7O2/c31-21-11-5-2-6-13-29(21)15-20(18-8-3-1-4-9-18)28-23(32)26-14-19-10-7-12-25-22(19)30-17-24-16-27-30/h1,3-4,7-10,12,16-17,20H,2,5-6,11,13-15H2,(H2,26,28,32)/t20-/m0/s1. The van der Waals surface area contributed by atoms with Gasteiger partial charge >= 0.3 is 6.03 Å². The number of carbonyl (C=O) groups excluding carboxylic acids is 2. The van der Waals surface area contributed by atoms with E-state index >= 15 is 0 Å². The lowest BCUT2D eigenvalue weighted by Gasteiger charge is -2.28. The second-order valence-corrected chi connectivity index (χ2v) is 7.77. The van der Waals surface area contributed by atoms with Crippen LogP contribution in [0.3, 0.4) is 0 Å². The molecule has 3 aromatic rings. The van der Waals surface area contributed by atoms with E-state index < -0.39 is 0 Å². The van der Waals surface area contributed by atoms with Gasteiger partial charge < -0.3 is 15.5 Å². The normalized spacial score (nSPS) is 15.1. The van der Waals surface area contributed by atoms with E-state index in [1.165, 1.54) is 6.33 Å². The molecule has 2 N–H and O–H groups in total.